The highest BCUT2D eigenvalue weighted by Gasteiger charge is 2.41. The summed E-state index contributed by atoms with van der Waals surface area (Å²) in [5.41, 5.74) is 0. The molecule has 2 nitrogen and oxygen atoms in total. The van der Waals surface area contributed by atoms with E-state index in [2.05, 4.69) is 19.6 Å². The smallest absolute Gasteiger partial charge is 0.321 e. The Hall–Kier alpha value is 0.354. The van der Waals surface area contributed by atoms with Crippen molar-refractivity contribution in [2.45, 2.75) is 56.9 Å². The third-order valence-corrected chi connectivity index (χ3v) is 12.3. The van der Waals surface area contributed by atoms with Gasteiger partial charge in [0.15, 0.2) is 0 Å². The maximum absolute atomic E-state index is 5.69. The second-order valence-electron chi connectivity index (χ2n) is 6.13. The van der Waals surface area contributed by atoms with E-state index in [1.165, 1.54) is 32.1 Å². The molecule has 4 heteroatoms. The maximum atomic E-state index is 5.69. The summed E-state index contributed by atoms with van der Waals surface area (Å²) in [5.74, 6) is 0.886. The van der Waals surface area contributed by atoms with Crippen molar-refractivity contribution in [3.63, 3.8) is 0 Å². The Morgan fingerprint density at radius 1 is 1.00 bits per heavy atom. The maximum Gasteiger partial charge on any atom is 0.321 e. The van der Waals surface area contributed by atoms with Crippen LogP contribution in [0.15, 0.2) is 0 Å². The standard InChI is InChI=1S/C12H28O2Si2/c1-13-15(14-2)12(16(3,4)5)11-9-7-6-8-10-11/h11-12,15H,6-10H2,1-5H3. The Balaban J connectivity index is 2.76. The van der Waals surface area contributed by atoms with Crippen molar-refractivity contribution in [3.05, 3.63) is 0 Å². The Labute approximate surface area is 104 Å². The summed E-state index contributed by atoms with van der Waals surface area (Å²) in [6.07, 6.45) is 7.08. The fourth-order valence-electron chi connectivity index (χ4n) is 3.22. The highest BCUT2D eigenvalue weighted by atomic mass is 28.4. The zero-order valence-electron chi connectivity index (χ0n) is 11.6. The van der Waals surface area contributed by atoms with Crippen LogP contribution in [0.25, 0.3) is 0 Å². The Kier molecular flexibility index (Phi) is 5.70. The van der Waals surface area contributed by atoms with Gasteiger partial charge < -0.3 is 8.85 Å². The molecule has 16 heavy (non-hydrogen) atoms. The summed E-state index contributed by atoms with van der Waals surface area (Å²) in [7, 11) is 1.08. The van der Waals surface area contributed by atoms with Crippen LogP contribution >= 0.6 is 0 Å². The van der Waals surface area contributed by atoms with E-state index in [-0.39, 0.29) is 0 Å². The molecule has 1 aliphatic carbocycles. The summed E-state index contributed by atoms with van der Waals surface area (Å²) < 4.78 is 11.4. The molecule has 1 unspecified atom stereocenters. The number of rotatable bonds is 5. The summed E-state index contributed by atoms with van der Waals surface area (Å²) in [6, 6.07) is 0. The van der Waals surface area contributed by atoms with Crippen LogP contribution in [0.5, 0.6) is 0 Å². The second-order valence-corrected chi connectivity index (χ2v) is 14.6. The molecule has 1 aliphatic rings. The second kappa shape index (κ2) is 6.33. The monoisotopic (exact) mass is 260 g/mol. The molecule has 0 spiro atoms. The van der Waals surface area contributed by atoms with Crippen LogP contribution in [0.4, 0.5) is 0 Å². The molecule has 0 aromatic heterocycles. The first-order chi connectivity index (χ1) is 7.50. The fraction of sp³-hybridized carbons (Fsp3) is 1.00. The lowest BCUT2D eigenvalue weighted by molar-refractivity contribution is 0.249. The van der Waals surface area contributed by atoms with Gasteiger partial charge in [0, 0.05) is 14.2 Å². The number of hydrogen-bond acceptors (Lipinski definition) is 2. The fourth-order valence-corrected chi connectivity index (χ4v) is 10.7. The average molecular weight is 261 g/mol. The minimum Gasteiger partial charge on any atom is -0.400 e. The first-order valence-electron chi connectivity index (χ1n) is 6.56. The van der Waals surface area contributed by atoms with E-state index in [0.717, 1.165) is 11.1 Å². The number of hydrogen-bond donors (Lipinski definition) is 0. The van der Waals surface area contributed by atoms with Gasteiger partial charge in [-0.15, -0.1) is 0 Å². The van der Waals surface area contributed by atoms with Crippen LogP contribution in [-0.4, -0.2) is 31.6 Å². The summed E-state index contributed by atoms with van der Waals surface area (Å²) in [5, 5.41) is 0.780. The average Bonchev–Trinajstić information content (AvgIpc) is 2.25. The zero-order valence-corrected chi connectivity index (χ0v) is 13.7. The lowest BCUT2D eigenvalue weighted by Gasteiger charge is -2.40. The molecule has 1 atom stereocenters. The minimum absolute atomic E-state index is 0.780. The molecular formula is C12H28O2Si2. The van der Waals surface area contributed by atoms with Crippen molar-refractivity contribution in [1.82, 2.24) is 0 Å². The Morgan fingerprint density at radius 2 is 1.50 bits per heavy atom. The van der Waals surface area contributed by atoms with Crippen molar-refractivity contribution in [2.75, 3.05) is 14.2 Å². The first kappa shape index (κ1) is 14.4. The van der Waals surface area contributed by atoms with Crippen molar-refractivity contribution in [3.8, 4) is 0 Å². The Morgan fingerprint density at radius 3 is 1.88 bits per heavy atom. The molecule has 0 aliphatic heterocycles. The molecule has 0 saturated heterocycles. The summed E-state index contributed by atoms with van der Waals surface area (Å²) >= 11 is 0. The van der Waals surface area contributed by atoms with Gasteiger partial charge in [0.05, 0.1) is 8.07 Å². The SMILES string of the molecule is CO[SiH](OC)C(C1CCCCC1)[Si](C)(C)C. The van der Waals surface area contributed by atoms with Crippen LogP contribution in [0, 0.1) is 5.92 Å². The topological polar surface area (TPSA) is 18.5 Å². The van der Waals surface area contributed by atoms with Gasteiger partial charge in [-0.3, -0.25) is 0 Å². The van der Waals surface area contributed by atoms with Crippen molar-refractivity contribution in [1.29, 1.82) is 0 Å². The van der Waals surface area contributed by atoms with E-state index in [9.17, 15) is 0 Å². The predicted molar refractivity (Wildman–Crippen MR) is 74.8 cm³/mol. The van der Waals surface area contributed by atoms with E-state index in [1.807, 2.05) is 14.2 Å². The normalized spacial score (nSPS) is 21.4. The summed E-state index contributed by atoms with van der Waals surface area (Å²) in [4.78, 5) is 0. The van der Waals surface area contributed by atoms with Crippen molar-refractivity contribution < 1.29 is 8.85 Å². The lowest BCUT2D eigenvalue weighted by Crippen LogP contribution is -2.46. The van der Waals surface area contributed by atoms with Crippen molar-refractivity contribution >= 4 is 17.4 Å². The highest BCUT2D eigenvalue weighted by Crippen LogP contribution is 2.41. The van der Waals surface area contributed by atoms with Crippen LogP contribution in [0.2, 0.25) is 24.8 Å². The van der Waals surface area contributed by atoms with Crippen LogP contribution in [0.3, 0.4) is 0 Å². The van der Waals surface area contributed by atoms with E-state index in [0.29, 0.717) is 0 Å². The molecule has 0 N–H and O–H groups in total. The zero-order chi connectivity index (χ0) is 12.2. The van der Waals surface area contributed by atoms with Crippen LogP contribution in [-0.2, 0) is 8.85 Å². The molecule has 0 aromatic carbocycles. The molecule has 1 fully saturated rings. The molecule has 1 rings (SSSR count). The minimum atomic E-state index is -1.44. The quantitative estimate of drug-likeness (QED) is 0.706. The molecule has 96 valence electrons. The molecule has 0 amide bonds. The van der Waals surface area contributed by atoms with Gasteiger partial charge in [-0.2, -0.15) is 0 Å². The molecule has 0 aromatic rings. The first-order valence-corrected chi connectivity index (χ1v) is 11.7. The molecule has 1 saturated carbocycles. The molecule has 0 heterocycles. The third kappa shape index (κ3) is 3.69. The van der Waals surface area contributed by atoms with Gasteiger partial charge in [-0.25, -0.2) is 0 Å². The molecule has 0 bridgehead atoms. The third-order valence-electron chi connectivity index (χ3n) is 3.92. The predicted octanol–water partition coefficient (Wildman–Crippen LogP) is 3.33. The molecule has 0 radical (unpaired) electrons. The van der Waals surface area contributed by atoms with E-state index < -0.39 is 17.4 Å². The summed E-state index contributed by atoms with van der Waals surface area (Å²) in [6.45, 7) is 7.43. The van der Waals surface area contributed by atoms with Gasteiger partial charge in [-0.1, -0.05) is 51.7 Å². The largest absolute Gasteiger partial charge is 0.400 e. The van der Waals surface area contributed by atoms with Crippen molar-refractivity contribution in [2.24, 2.45) is 5.92 Å². The highest BCUT2D eigenvalue weighted by molar-refractivity contribution is 6.86. The van der Waals surface area contributed by atoms with Gasteiger partial charge in [-0.05, 0) is 11.1 Å². The van der Waals surface area contributed by atoms with E-state index in [4.69, 9.17) is 8.85 Å². The van der Waals surface area contributed by atoms with Crippen LogP contribution < -0.4 is 0 Å². The van der Waals surface area contributed by atoms with E-state index in [1.54, 1.807) is 0 Å². The van der Waals surface area contributed by atoms with Crippen LogP contribution in [0.1, 0.15) is 32.1 Å². The van der Waals surface area contributed by atoms with Gasteiger partial charge in [0.2, 0.25) is 0 Å². The molecular weight excluding hydrogens is 232 g/mol. The van der Waals surface area contributed by atoms with Gasteiger partial charge in [0.25, 0.3) is 0 Å². The van der Waals surface area contributed by atoms with Gasteiger partial charge >= 0.3 is 9.28 Å². The Bertz CT molecular complexity index is 194. The van der Waals surface area contributed by atoms with Gasteiger partial charge in [0.1, 0.15) is 0 Å². The lowest BCUT2D eigenvalue weighted by atomic mass is 9.90. The van der Waals surface area contributed by atoms with E-state index >= 15 is 0 Å².